The standard InChI is InChI=1S/C15H19BrN2O/c16-12-7-8-13(17-10-12)15(19)18-9-3-5-11-4-1-2-6-14(11)18/h7-8,10-11,14H,1-6,9H2/t11-,14-/m1/s1. The fraction of sp³-hybridized carbons (Fsp3) is 0.600. The van der Waals surface area contributed by atoms with Crippen LogP contribution in [0.4, 0.5) is 0 Å². The summed E-state index contributed by atoms with van der Waals surface area (Å²) < 4.78 is 0.915. The molecule has 0 bridgehead atoms. The quantitative estimate of drug-likeness (QED) is 0.790. The topological polar surface area (TPSA) is 33.2 Å². The van der Waals surface area contributed by atoms with E-state index in [1.165, 1.54) is 32.1 Å². The number of rotatable bonds is 1. The predicted octanol–water partition coefficient (Wildman–Crippen LogP) is 3.64. The van der Waals surface area contributed by atoms with Crippen molar-refractivity contribution in [1.82, 2.24) is 9.88 Å². The molecule has 102 valence electrons. The molecule has 4 heteroatoms. The molecule has 1 aliphatic carbocycles. The van der Waals surface area contributed by atoms with Crippen LogP contribution < -0.4 is 0 Å². The number of hydrogen-bond donors (Lipinski definition) is 0. The van der Waals surface area contributed by atoms with Crippen LogP contribution in [0.25, 0.3) is 0 Å². The molecule has 0 spiro atoms. The van der Waals surface area contributed by atoms with Gasteiger partial charge in [-0.2, -0.15) is 0 Å². The van der Waals surface area contributed by atoms with E-state index in [2.05, 4.69) is 25.8 Å². The third kappa shape index (κ3) is 2.69. The minimum atomic E-state index is 0.115. The summed E-state index contributed by atoms with van der Waals surface area (Å²) >= 11 is 3.36. The zero-order valence-electron chi connectivity index (χ0n) is 11.0. The molecule has 19 heavy (non-hydrogen) atoms. The number of halogens is 1. The van der Waals surface area contributed by atoms with Gasteiger partial charge in [-0.3, -0.25) is 4.79 Å². The van der Waals surface area contributed by atoms with Crippen molar-refractivity contribution in [3.05, 3.63) is 28.5 Å². The molecule has 2 heterocycles. The Balaban J connectivity index is 1.79. The van der Waals surface area contributed by atoms with Crippen LogP contribution in [0, 0.1) is 5.92 Å². The summed E-state index contributed by atoms with van der Waals surface area (Å²) in [4.78, 5) is 19.0. The van der Waals surface area contributed by atoms with Crippen LogP contribution in [0.15, 0.2) is 22.8 Å². The summed E-state index contributed by atoms with van der Waals surface area (Å²) in [6.07, 6.45) is 9.20. The van der Waals surface area contributed by atoms with Crippen molar-refractivity contribution in [2.45, 2.75) is 44.6 Å². The van der Waals surface area contributed by atoms with Crippen LogP contribution in [0.2, 0.25) is 0 Å². The summed E-state index contributed by atoms with van der Waals surface area (Å²) in [5.41, 5.74) is 0.578. The lowest BCUT2D eigenvalue weighted by Crippen LogP contribution is -2.49. The molecule has 0 N–H and O–H groups in total. The number of aromatic nitrogens is 1. The highest BCUT2D eigenvalue weighted by molar-refractivity contribution is 9.10. The first-order valence-electron chi connectivity index (χ1n) is 7.18. The van der Waals surface area contributed by atoms with Gasteiger partial charge in [0.1, 0.15) is 5.69 Å². The summed E-state index contributed by atoms with van der Waals surface area (Å²) in [5, 5.41) is 0. The Morgan fingerprint density at radius 1 is 1.21 bits per heavy atom. The van der Waals surface area contributed by atoms with Crippen molar-refractivity contribution in [3.63, 3.8) is 0 Å². The number of piperidine rings is 1. The molecule has 1 aromatic heterocycles. The number of carbonyl (C=O) groups is 1. The molecule has 2 atom stereocenters. The second kappa shape index (κ2) is 5.61. The van der Waals surface area contributed by atoms with Crippen molar-refractivity contribution in [2.75, 3.05) is 6.54 Å². The maximum Gasteiger partial charge on any atom is 0.272 e. The van der Waals surface area contributed by atoms with E-state index in [4.69, 9.17) is 0 Å². The van der Waals surface area contributed by atoms with E-state index in [-0.39, 0.29) is 5.91 Å². The van der Waals surface area contributed by atoms with Crippen LogP contribution in [-0.4, -0.2) is 28.4 Å². The molecule has 0 unspecified atom stereocenters. The van der Waals surface area contributed by atoms with Crippen LogP contribution in [-0.2, 0) is 0 Å². The number of carbonyl (C=O) groups excluding carboxylic acids is 1. The van der Waals surface area contributed by atoms with Crippen LogP contribution in [0.1, 0.15) is 49.0 Å². The molecule has 1 saturated carbocycles. The molecule has 1 saturated heterocycles. The van der Waals surface area contributed by atoms with E-state index in [1.807, 2.05) is 12.1 Å². The van der Waals surface area contributed by atoms with E-state index in [9.17, 15) is 4.79 Å². The highest BCUT2D eigenvalue weighted by Gasteiger charge is 2.36. The Kier molecular flexibility index (Phi) is 3.87. The molecule has 3 nitrogen and oxygen atoms in total. The van der Waals surface area contributed by atoms with Gasteiger partial charge in [0.25, 0.3) is 5.91 Å². The van der Waals surface area contributed by atoms with Crippen molar-refractivity contribution >= 4 is 21.8 Å². The van der Waals surface area contributed by atoms with Gasteiger partial charge in [0, 0.05) is 23.3 Å². The summed E-state index contributed by atoms with van der Waals surface area (Å²) in [7, 11) is 0. The normalized spacial score (nSPS) is 26.9. The number of amides is 1. The van der Waals surface area contributed by atoms with E-state index in [1.54, 1.807) is 6.20 Å². The smallest absolute Gasteiger partial charge is 0.272 e. The van der Waals surface area contributed by atoms with Gasteiger partial charge in [0.15, 0.2) is 0 Å². The summed E-state index contributed by atoms with van der Waals surface area (Å²) in [6.45, 7) is 0.901. The van der Waals surface area contributed by atoms with Crippen molar-refractivity contribution in [3.8, 4) is 0 Å². The summed E-state index contributed by atoms with van der Waals surface area (Å²) in [5.74, 6) is 0.839. The van der Waals surface area contributed by atoms with Gasteiger partial charge in [-0.1, -0.05) is 12.8 Å². The van der Waals surface area contributed by atoms with Gasteiger partial charge in [0.05, 0.1) is 0 Å². The first-order chi connectivity index (χ1) is 9.25. The Labute approximate surface area is 122 Å². The van der Waals surface area contributed by atoms with Gasteiger partial charge in [-0.05, 0) is 59.7 Å². The fourth-order valence-corrected chi connectivity index (χ4v) is 3.76. The largest absolute Gasteiger partial charge is 0.334 e. The SMILES string of the molecule is O=C(c1ccc(Br)cn1)N1CCC[C@H]2CCCC[C@H]21. The number of hydrogen-bond acceptors (Lipinski definition) is 2. The third-order valence-corrected chi connectivity index (χ3v) is 4.92. The van der Waals surface area contributed by atoms with E-state index in [0.717, 1.165) is 23.4 Å². The minimum Gasteiger partial charge on any atom is -0.334 e. The van der Waals surface area contributed by atoms with Crippen molar-refractivity contribution < 1.29 is 4.79 Å². The number of pyridine rings is 1. The van der Waals surface area contributed by atoms with Crippen LogP contribution in [0.5, 0.6) is 0 Å². The second-order valence-corrected chi connectivity index (χ2v) is 6.53. The van der Waals surface area contributed by atoms with Crippen molar-refractivity contribution in [2.24, 2.45) is 5.92 Å². The van der Waals surface area contributed by atoms with Gasteiger partial charge in [-0.25, -0.2) is 4.98 Å². The molecule has 0 radical (unpaired) electrons. The monoisotopic (exact) mass is 322 g/mol. The molecule has 3 rings (SSSR count). The average molecular weight is 323 g/mol. The maximum absolute atomic E-state index is 12.6. The van der Waals surface area contributed by atoms with Gasteiger partial charge in [-0.15, -0.1) is 0 Å². The van der Waals surface area contributed by atoms with E-state index in [0.29, 0.717) is 11.7 Å². The molecular formula is C15H19BrN2O. The molecular weight excluding hydrogens is 304 g/mol. The Morgan fingerprint density at radius 2 is 2.00 bits per heavy atom. The van der Waals surface area contributed by atoms with Gasteiger partial charge >= 0.3 is 0 Å². The van der Waals surface area contributed by atoms with E-state index < -0.39 is 0 Å². The first-order valence-corrected chi connectivity index (χ1v) is 7.97. The fourth-order valence-electron chi connectivity index (χ4n) is 3.53. The lowest BCUT2D eigenvalue weighted by Gasteiger charge is -2.44. The highest BCUT2D eigenvalue weighted by atomic mass is 79.9. The van der Waals surface area contributed by atoms with Crippen LogP contribution >= 0.6 is 15.9 Å². The number of fused-ring (bicyclic) bond motifs is 1. The molecule has 0 aromatic carbocycles. The number of nitrogens with zero attached hydrogens (tertiary/aromatic N) is 2. The predicted molar refractivity (Wildman–Crippen MR) is 78.0 cm³/mol. The molecule has 1 aromatic rings. The minimum absolute atomic E-state index is 0.115. The second-order valence-electron chi connectivity index (χ2n) is 5.61. The first kappa shape index (κ1) is 13.1. The average Bonchev–Trinajstić information content (AvgIpc) is 2.47. The lowest BCUT2D eigenvalue weighted by molar-refractivity contribution is 0.0385. The lowest BCUT2D eigenvalue weighted by atomic mass is 9.78. The third-order valence-electron chi connectivity index (χ3n) is 4.45. The highest BCUT2D eigenvalue weighted by Crippen LogP contribution is 2.35. The Morgan fingerprint density at radius 3 is 2.79 bits per heavy atom. The van der Waals surface area contributed by atoms with E-state index >= 15 is 0 Å². The van der Waals surface area contributed by atoms with Crippen LogP contribution in [0.3, 0.4) is 0 Å². The summed E-state index contributed by atoms with van der Waals surface area (Å²) in [6, 6.07) is 4.17. The number of likely N-dealkylation sites (tertiary alicyclic amines) is 1. The molecule has 2 fully saturated rings. The van der Waals surface area contributed by atoms with Gasteiger partial charge < -0.3 is 4.90 Å². The zero-order chi connectivity index (χ0) is 13.2. The maximum atomic E-state index is 12.6. The molecule has 1 aliphatic heterocycles. The Hall–Kier alpha value is -0.900. The zero-order valence-corrected chi connectivity index (χ0v) is 12.6. The van der Waals surface area contributed by atoms with Crippen molar-refractivity contribution in [1.29, 1.82) is 0 Å². The molecule has 1 amide bonds. The molecule has 2 aliphatic rings. The van der Waals surface area contributed by atoms with Gasteiger partial charge in [0.2, 0.25) is 0 Å². The Bertz CT molecular complexity index is 458.